The lowest BCUT2D eigenvalue weighted by Crippen LogP contribution is -2.22. The van der Waals surface area contributed by atoms with Crippen LogP contribution in [0.2, 0.25) is 0 Å². The Balaban J connectivity index is 2.72. The second kappa shape index (κ2) is 4.11. The maximum atomic E-state index is 5.46. The molecule has 0 spiro atoms. The summed E-state index contributed by atoms with van der Waals surface area (Å²) in [6, 6.07) is 1.99. The van der Waals surface area contributed by atoms with Crippen molar-refractivity contribution in [3.63, 3.8) is 0 Å². The van der Waals surface area contributed by atoms with Crippen molar-refractivity contribution in [1.82, 2.24) is 10.2 Å². The third-order valence-electron chi connectivity index (χ3n) is 1.92. The van der Waals surface area contributed by atoms with Gasteiger partial charge >= 0.3 is 0 Å². The predicted molar refractivity (Wildman–Crippen MR) is 50.0 cm³/mol. The van der Waals surface area contributed by atoms with Crippen molar-refractivity contribution in [1.29, 1.82) is 0 Å². The maximum absolute atomic E-state index is 5.46. The van der Waals surface area contributed by atoms with Gasteiger partial charge in [0.15, 0.2) is 5.82 Å². The van der Waals surface area contributed by atoms with E-state index in [9.17, 15) is 0 Å². The molecule has 0 saturated heterocycles. The molecule has 0 aliphatic heterocycles. The zero-order valence-electron chi connectivity index (χ0n) is 7.67. The van der Waals surface area contributed by atoms with Gasteiger partial charge in [-0.2, -0.15) is 5.10 Å². The molecule has 0 bridgehead atoms. The Morgan fingerprint density at radius 1 is 1.50 bits per heavy atom. The van der Waals surface area contributed by atoms with Crippen LogP contribution in [0.5, 0.6) is 0 Å². The molecule has 0 unspecified atom stereocenters. The van der Waals surface area contributed by atoms with Gasteiger partial charge in [-0.3, -0.25) is 5.10 Å². The largest absolute Gasteiger partial charge is 0.356 e. The summed E-state index contributed by atoms with van der Waals surface area (Å²) in [5.41, 5.74) is 6.44. The van der Waals surface area contributed by atoms with E-state index in [0.29, 0.717) is 6.54 Å². The molecule has 0 atom stereocenters. The van der Waals surface area contributed by atoms with Crippen molar-refractivity contribution in [2.24, 2.45) is 5.73 Å². The minimum Gasteiger partial charge on any atom is -0.356 e. The minimum absolute atomic E-state index is 0.522. The molecule has 0 radical (unpaired) electrons. The first kappa shape index (κ1) is 9.06. The zero-order chi connectivity index (χ0) is 8.97. The Labute approximate surface area is 72.8 Å². The number of hydrogen-bond acceptors (Lipinski definition) is 3. The number of aromatic nitrogens is 2. The van der Waals surface area contributed by atoms with Gasteiger partial charge in [0.1, 0.15) is 0 Å². The van der Waals surface area contributed by atoms with Gasteiger partial charge in [-0.25, -0.2) is 0 Å². The predicted octanol–water partition coefficient (Wildman–Crippen LogP) is 0.715. The van der Waals surface area contributed by atoms with Crippen LogP contribution in [0, 0.1) is 0 Å². The molecule has 1 aromatic heterocycles. The smallest absolute Gasteiger partial charge is 0.150 e. The van der Waals surface area contributed by atoms with Gasteiger partial charge in [0.25, 0.3) is 0 Å². The van der Waals surface area contributed by atoms with Crippen LogP contribution in [-0.4, -0.2) is 23.3 Å². The summed E-state index contributed by atoms with van der Waals surface area (Å²) in [5.74, 6) is 0.987. The number of rotatable bonds is 4. The molecule has 0 aliphatic carbocycles. The first-order valence-corrected chi connectivity index (χ1v) is 4.31. The fourth-order valence-corrected chi connectivity index (χ4v) is 1.16. The summed E-state index contributed by atoms with van der Waals surface area (Å²) in [5, 5.41) is 7.04. The van der Waals surface area contributed by atoms with E-state index in [1.165, 1.54) is 0 Å². The number of aromatic amines is 1. The van der Waals surface area contributed by atoms with Gasteiger partial charge in [0.05, 0.1) is 5.69 Å². The number of hydrogen-bond donors (Lipinski definition) is 2. The molecule has 1 aromatic rings. The summed E-state index contributed by atoms with van der Waals surface area (Å²) < 4.78 is 0. The highest BCUT2D eigenvalue weighted by atomic mass is 15.3. The van der Waals surface area contributed by atoms with Crippen molar-refractivity contribution >= 4 is 5.82 Å². The fourth-order valence-electron chi connectivity index (χ4n) is 1.16. The Kier molecular flexibility index (Phi) is 3.10. The average molecular weight is 168 g/mol. The maximum Gasteiger partial charge on any atom is 0.150 e. The number of nitrogens with one attached hydrogen (secondary N) is 1. The lowest BCUT2D eigenvalue weighted by Gasteiger charge is -2.16. The summed E-state index contributed by atoms with van der Waals surface area (Å²) in [6.45, 7) is 6.70. The minimum atomic E-state index is 0.522. The summed E-state index contributed by atoms with van der Waals surface area (Å²) >= 11 is 0. The van der Waals surface area contributed by atoms with Crippen molar-refractivity contribution in [3.8, 4) is 0 Å². The van der Waals surface area contributed by atoms with Crippen LogP contribution in [0.25, 0.3) is 0 Å². The van der Waals surface area contributed by atoms with E-state index in [1.807, 2.05) is 6.07 Å². The van der Waals surface area contributed by atoms with Crippen LogP contribution in [-0.2, 0) is 6.54 Å². The van der Waals surface area contributed by atoms with Crippen LogP contribution >= 0.6 is 0 Å². The topological polar surface area (TPSA) is 57.9 Å². The Bertz CT molecular complexity index is 227. The summed E-state index contributed by atoms with van der Waals surface area (Å²) in [6.07, 6.45) is 0. The van der Waals surface area contributed by atoms with Gasteiger partial charge in [0, 0.05) is 25.7 Å². The summed E-state index contributed by atoms with van der Waals surface area (Å²) in [4.78, 5) is 2.18. The van der Waals surface area contributed by atoms with Gasteiger partial charge < -0.3 is 10.6 Å². The van der Waals surface area contributed by atoms with E-state index < -0.39 is 0 Å². The molecule has 0 saturated carbocycles. The second-order valence-electron chi connectivity index (χ2n) is 2.63. The first-order valence-electron chi connectivity index (χ1n) is 4.31. The fraction of sp³-hybridized carbons (Fsp3) is 0.625. The number of nitrogens with two attached hydrogens (primary N) is 1. The highest BCUT2D eigenvalue weighted by molar-refractivity contribution is 5.38. The lowest BCUT2D eigenvalue weighted by atomic mass is 10.4. The van der Waals surface area contributed by atoms with Crippen molar-refractivity contribution in [3.05, 3.63) is 11.8 Å². The van der Waals surface area contributed by atoms with Crippen LogP contribution in [0.15, 0.2) is 6.07 Å². The van der Waals surface area contributed by atoms with Crippen LogP contribution in [0.4, 0.5) is 5.82 Å². The van der Waals surface area contributed by atoms with Crippen LogP contribution in [0.1, 0.15) is 19.5 Å². The van der Waals surface area contributed by atoms with E-state index in [1.54, 1.807) is 0 Å². The van der Waals surface area contributed by atoms with E-state index in [2.05, 4.69) is 28.9 Å². The highest BCUT2D eigenvalue weighted by Gasteiger charge is 2.04. The average Bonchev–Trinajstić information content (AvgIpc) is 2.55. The standard InChI is InChI=1S/C8H16N4/c1-3-12(4-2)8-5-7(6-9)10-11-8/h5H,3-4,6,9H2,1-2H3,(H,10,11). The van der Waals surface area contributed by atoms with Crippen molar-refractivity contribution < 1.29 is 0 Å². The monoisotopic (exact) mass is 168 g/mol. The van der Waals surface area contributed by atoms with Crippen LogP contribution < -0.4 is 10.6 Å². The Hall–Kier alpha value is -1.03. The number of anilines is 1. The van der Waals surface area contributed by atoms with Gasteiger partial charge in [0.2, 0.25) is 0 Å². The van der Waals surface area contributed by atoms with Crippen LogP contribution in [0.3, 0.4) is 0 Å². The van der Waals surface area contributed by atoms with E-state index in [4.69, 9.17) is 5.73 Å². The molecule has 4 heteroatoms. The van der Waals surface area contributed by atoms with E-state index in [-0.39, 0.29) is 0 Å². The Morgan fingerprint density at radius 3 is 2.58 bits per heavy atom. The quantitative estimate of drug-likeness (QED) is 0.696. The molecule has 0 fully saturated rings. The van der Waals surface area contributed by atoms with E-state index in [0.717, 1.165) is 24.6 Å². The SMILES string of the molecule is CCN(CC)c1cc(CN)[nH]n1. The molecule has 3 N–H and O–H groups in total. The van der Waals surface area contributed by atoms with Crippen molar-refractivity contribution in [2.45, 2.75) is 20.4 Å². The molecule has 68 valence electrons. The lowest BCUT2D eigenvalue weighted by molar-refractivity contribution is 0.837. The zero-order valence-corrected chi connectivity index (χ0v) is 7.67. The Morgan fingerprint density at radius 2 is 2.17 bits per heavy atom. The molecule has 4 nitrogen and oxygen atoms in total. The number of H-pyrrole nitrogens is 1. The molecule has 0 amide bonds. The second-order valence-corrected chi connectivity index (χ2v) is 2.63. The first-order chi connectivity index (χ1) is 5.81. The van der Waals surface area contributed by atoms with Gasteiger partial charge in [-0.05, 0) is 13.8 Å². The number of nitrogens with zero attached hydrogens (tertiary/aromatic N) is 2. The highest BCUT2D eigenvalue weighted by Crippen LogP contribution is 2.10. The van der Waals surface area contributed by atoms with Gasteiger partial charge in [-0.15, -0.1) is 0 Å². The molecule has 1 rings (SSSR count). The summed E-state index contributed by atoms with van der Waals surface area (Å²) in [7, 11) is 0. The van der Waals surface area contributed by atoms with Crippen molar-refractivity contribution in [2.75, 3.05) is 18.0 Å². The third-order valence-corrected chi connectivity index (χ3v) is 1.92. The van der Waals surface area contributed by atoms with Gasteiger partial charge in [-0.1, -0.05) is 0 Å². The molecule has 12 heavy (non-hydrogen) atoms. The molecular weight excluding hydrogens is 152 g/mol. The molecule has 0 aliphatic rings. The normalized spacial score (nSPS) is 10.2. The third kappa shape index (κ3) is 1.76. The molecular formula is C8H16N4. The molecule has 0 aromatic carbocycles. The molecule has 1 heterocycles. The van der Waals surface area contributed by atoms with E-state index >= 15 is 0 Å².